The molecular formula is C23H42IN5O. The van der Waals surface area contributed by atoms with Crippen LogP contribution in [-0.2, 0) is 17.8 Å². The zero-order chi connectivity index (χ0) is 21.2. The third-order valence-corrected chi connectivity index (χ3v) is 5.85. The first-order chi connectivity index (χ1) is 13.9. The number of hydrogen-bond donors (Lipinski definition) is 2. The molecule has 30 heavy (non-hydrogen) atoms. The van der Waals surface area contributed by atoms with Gasteiger partial charge in [-0.25, -0.2) is 0 Å². The van der Waals surface area contributed by atoms with Crippen LogP contribution in [0.1, 0.15) is 38.8 Å². The maximum atomic E-state index is 5.52. The van der Waals surface area contributed by atoms with E-state index in [0.29, 0.717) is 18.0 Å². The molecule has 172 valence electrons. The lowest BCUT2D eigenvalue weighted by Crippen LogP contribution is -2.52. The van der Waals surface area contributed by atoms with E-state index in [1.165, 1.54) is 11.1 Å². The molecule has 1 aromatic rings. The van der Waals surface area contributed by atoms with Gasteiger partial charge in [0.1, 0.15) is 0 Å². The van der Waals surface area contributed by atoms with E-state index in [1.54, 1.807) is 0 Å². The fraction of sp³-hybridized carbons (Fsp3) is 0.696. The molecule has 1 unspecified atom stereocenters. The molecule has 0 spiro atoms. The Morgan fingerprint density at radius 2 is 1.73 bits per heavy atom. The minimum Gasteiger partial charge on any atom is -0.379 e. The first kappa shape index (κ1) is 27.1. The average Bonchev–Trinajstić information content (AvgIpc) is 2.71. The summed E-state index contributed by atoms with van der Waals surface area (Å²) in [5, 5.41) is 7.05. The second kappa shape index (κ2) is 14.2. The van der Waals surface area contributed by atoms with Crippen LogP contribution in [0.4, 0.5) is 0 Å². The second-order valence-electron chi connectivity index (χ2n) is 8.54. The Bertz CT molecular complexity index is 632. The first-order valence-corrected chi connectivity index (χ1v) is 11.0. The Morgan fingerprint density at radius 3 is 2.30 bits per heavy atom. The summed E-state index contributed by atoms with van der Waals surface area (Å²) in [6.07, 6.45) is 0. The summed E-state index contributed by atoms with van der Waals surface area (Å²) in [4.78, 5) is 9.33. The standard InChI is InChI=1S/C23H41N5O.HI/c1-18(2)22(28-11-13-29-14-12-28)16-26-23(24-5)25-15-20-9-7-8-10-21(20)17-27(6)19(3)4;/h7-10,18-19,22H,11-17H2,1-6H3,(H2,24,25,26);1H. The van der Waals surface area contributed by atoms with Gasteiger partial charge in [-0.1, -0.05) is 38.1 Å². The zero-order valence-electron chi connectivity index (χ0n) is 19.6. The van der Waals surface area contributed by atoms with Crippen LogP contribution in [0.25, 0.3) is 0 Å². The van der Waals surface area contributed by atoms with Crippen molar-refractivity contribution in [2.45, 2.75) is 52.9 Å². The number of benzene rings is 1. The molecule has 2 rings (SSSR count). The molecule has 0 aromatic heterocycles. The summed E-state index contributed by atoms with van der Waals surface area (Å²) in [5.41, 5.74) is 2.68. The van der Waals surface area contributed by atoms with E-state index in [0.717, 1.165) is 51.9 Å². The van der Waals surface area contributed by atoms with Gasteiger partial charge in [-0.3, -0.25) is 14.8 Å². The highest BCUT2D eigenvalue weighted by Crippen LogP contribution is 2.13. The number of hydrogen-bond acceptors (Lipinski definition) is 4. The molecule has 1 saturated heterocycles. The van der Waals surface area contributed by atoms with E-state index in [1.807, 2.05) is 7.05 Å². The number of nitrogens with zero attached hydrogens (tertiary/aromatic N) is 3. The smallest absolute Gasteiger partial charge is 0.191 e. The lowest BCUT2D eigenvalue weighted by Gasteiger charge is -2.37. The van der Waals surface area contributed by atoms with Gasteiger partial charge in [0, 0.05) is 51.9 Å². The summed E-state index contributed by atoms with van der Waals surface area (Å²) in [6, 6.07) is 9.66. The van der Waals surface area contributed by atoms with Gasteiger partial charge in [-0.15, -0.1) is 24.0 Å². The molecule has 0 radical (unpaired) electrons. The number of ether oxygens (including phenoxy) is 1. The molecular weight excluding hydrogens is 489 g/mol. The summed E-state index contributed by atoms with van der Waals surface area (Å²) < 4.78 is 5.52. The van der Waals surface area contributed by atoms with Crippen LogP contribution < -0.4 is 10.6 Å². The Morgan fingerprint density at radius 1 is 1.10 bits per heavy atom. The number of nitrogens with one attached hydrogen (secondary N) is 2. The lowest BCUT2D eigenvalue weighted by molar-refractivity contribution is 0.00752. The maximum absolute atomic E-state index is 5.52. The summed E-state index contributed by atoms with van der Waals surface area (Å²) in [7, 11) is 4.01. The quantitative estimate of drug-likeness (QED) is 0.292. The molecule has 7 heteroatoms. The fourth-order valence-electron chi connectivity index (χ4n) is 3.63. The van der Waals surface area contributed by atoms with Crippen LogP contribution in [0.3, 0.4) is 0 Å². The largest absolute Gasteiger partial charge is 0.379 e. The molecule has 6 nitrogen and oxygen atoms in total. The Hall–Kier alpha value is -0.900. The summed E-state index contributed by atoms with van der Waals surface area (Å²) in [5.74, 6) is 1.43. The SMILES string of the molecule is CN=C(NCc1ccccc1CN(C)C(C)C)NCC(C(C)C)N1CCOCC1.I. The Labute approximate surface area is 200 Å². The van der Waals surface area contributed by atoms with Crippen LogP contribution in [0.5, 0.6) is 0 Å². The minimum absolute atomic E-state index is 0. The maximum Gasteiger partial charge on any atom is 0.191 e. The molecule has 1 aliphatic rings. The number of halogens is 1. The topological polar surface area (TPSA) is 52.1 Å². The first-order valence-electron chi connectivity index (χ1n) is 11.0. The van der Waals surface area contributed by atoms with E-state index in [-0.39, 0.29) is 24.0 Å². The van der Waals surface area contributed by atoms with Crippen molar-refractivity contribution in [3.05, 3.63) is 35.4 Å². The molecule has 0 bridgehead atoms. The van der Waals surface area contributed by atoms with Gasteiger partial charge in [0.2, 0.25) is 0 Å². The molecule has 1 heterocycles. The van der Waals surface area contributed by atoms with Crippen LogP contribution in [-0.4, -0.2) is 74.8 Å². The average molecular weight is 532 g/mol. The van der Waals surface area contributed by atoms with Gasteiger partial charge in [0.15, 0.2) is 5.96 Å². The molecule has 1 atom stereocenters. The van der Waals surface area contributed by atoms with Crippen molar-refractivity contribution >= 4 is 29.9 Å². The molecule has 1 aromatic carbocycles. The van der Waals surface area contributed by atoms with Crippen LogP contribution in [0.15, 0.2) is 29.3 Å². The van der Waals surface area contributed by atoms with Crippen LogP contribution >= 0.6 is 24.0 Å². The predicted octanol–water partition coefficient (Wildman–Crippen LogP) is 3.17. The molecule has 0 saturated carbocycles. The zero-order valence-corrected chi connectivity index (χ0v) is 22.0. The van der Waals surface area contributed by atoms with Crippen molar-refractivity contribution in [2.24, 2.45) is 10.9 Å². The third-order valence-electron chi connectivity index (χ3n) is 5.85. The second-order valence-corrected chi connectivity index (χ2v) is 8.54. The number of morpholine rings is 1. The molecule has 0 amide bonds. The van der Waals surface area contributed by atoms with E-state index in [2.05, 4.69) is 84.4 Å². The van der Waals surface area contributed by atoms with Crippen LogP contribution in [0, 0.1) is 5.92 Å². The monoisotopic (exact) mass is 531 g/mol. The van der Waals surface area contributed by atoms with Crippen molar-refractivity contribution in [3.8, 4) is 0 Å². The van der Waals surface area contributed by atoms with Gasteiger partial charge in [0.05, 0.1) is 13.2 Å². The highest BCUT2D eigenvalue weighted by Gasteiger charge is 2.23. The van der Waals surface area contributed by atoms with E-state index < -0.39 is 0 Å². The van der Waals surface area contributed by atoms with Gasteiger partial charge in [-0.2, -0.15) is 0 Å². The van der Waals surface area contributed by atoms with Gasteiger partial charge < -0.3 is 15.4 Å². The Balaban J connectivity index is 0.00000450. The highest BCUT2D eigenvalue weighted by molar-refractivity contribution is 14.0. The van der Waals surface area contributed by atoms with E-state index >= 15 is 0 Å². The summed E-state index contributed by atoms with van der Waals surface area (Å²) in [6.45, 7) is 15.3. The van der Waals surface area contributed by atoms with Gasteiger partial charge >= 0.3 is 0 Å². The predicted molar refractivity (Wildman–Crippen MR) is 138 cm³/mol. The van der Waals surface area contributed by atoms with Crippen molar-refractivity contribution in [2.75, 3.05) is 46.9 Å². The lowest BCUT2D eigenvalue weighted by atomic mass is 10.0. The molecule has 1 aliphatic heterocycles. The molecule has 0 aliphatic carbocycles. The minimum atomic E-state index is 0. The van der Waals surface area contributed by atoms with Gasteiger partial charge in [-0.05, 0) is 37.9 Å². The highest BCUT2D eigenvalue weighted by atomic mass is 127. The third kappa shape index (κ3) is 8.69. The van der Waals surface area contributed by atoms with E-state index in [9.17, 15) is 0 Å². The van der Waals surface area contributed by atoms with Crippen molar-refractivity contribution in [1.29, 1.82) is 0 Å². The van der Waals surface area contributed by atoms with Crippen molar-refractivity contribution in [1.82, 2.24) is 20.4 Å². The molecule has 1 fully saturated rings. The van der Waals surface area contributed by atoms with Gasteiger partial charge in [0.25, 0.3) is 0 Å². The fourth-order valence-corrected chi connectivity index (χ4v) is 3.63. The van der Waals surface area contributed by atoms with Crippen molar-refractivity contribution < 1.29 is 4.74 Å². The number of guanidine groups is 1. The normalized spacial score (nSPS) is 16.6. The van der Waals surface area contributed by atoms with Crippen LogP contribution in [0.2, 0.25) is 0 Å². The van der Waals surface area contributed by atoms with E-state index in [4.69, 9.17) is 4.74 Å². The number of rotatable bonds is 9. The molecule has 2 N–H and O–H groups in total. The Kier molecular flexibility index (Phi) is 12.9. The van der Waals surface area contributed by atoms with Crippen molar-refractivity contribution in [3.63, 3.8) is 0 Å². The summed E-state index contributed by atoms with van der Waals surface area (Å²) >= 11 is 0. The number of aliphatic imine (C=N–C) groups is 1.